The van der Waals surface area contributed by atoms with E-state index in [-0.39, 0.29) is 5.41 Å². The van der Waals surface area contributed by atoms with E-state index in [9.17, 15) is 0 Å². The van der Waals surface area contributed by atoms with Crippen molar-refractivity contribution in [1.29, 1.82) is 0 Å². The average Bonchev–Trinajstić information content (AvgIpc) is 2.21. The minimum Gasteiger partial charge on any atom is -0.484 e. The number of morpholine rings is 1. The number of thiocarbonyl (C=S) groups is 1. The van der Waals surface area contributed by atoms with Gasteiger partial charge < -0.3 is 10.1 Å². The number of ether oxygens (including phenoxy) is 1. The second-order valence-corrected chi connectivity index (χ2v) is 4.60. The highest BCUT2D eigenvalue weighted by Crippen LogP contribution is 2.27. The molecule has 0 aromatic heterocycles. The molecular weight excluding hydrogens is 194 g/mol. The van der Waals surface area contributed by atoms with Gasteiger partial charge in [0, 0.05) is 5.41 Å². The summed E-state index contributed by atoms with van der Waals surface area (Å²) in [4.78, 5) is 0.742. The maximum atomic E-state index is 5.51. The highest BCUT2D eigenvalue weighted by atomic mass is 32.1. The van der Waals surface area contributed by atoms with E-state index in [1.807, 2.05) is 12.2 Å². The summed E-state index contributed by atoms with van der Waals surface area (Å²) in [5, 5.41) is 3.17. The Bertz CT molecular complexity index is 363. The van der Waals surface area contributed by atoms with Crippen molar-refractivity contribution in [2.24, 2.45) is 5.41 Å². The third kappa shape index (κ3) is 1.87. The van der Waals surface area contributed by atoms with Crippen molar-refractivity contribution in [1.82, 2.24) is 5.32 Å². The maximum absolute atomic E-state index is 5.51. The van der Waals surface area contributed by atoms with Crippen LogP contribution >= 0.6 is 12.2 Å². The van der Waals surface area contributed by atoms with Crippen molar-refractivity contribution in [2.45, 2.75) is 13.8 Å². The zero-order valence-electron chi connectivity index (χ0n) is 8.33. The zero-order valence-corrected chi connectivity index (χ0v) is 9.15. The predicted molar refractivity (Wildman–Crippen MR) is 60.8 cm³/mol. The molecule has 2 aliphatic rings. The fourth-order valence-corrected chi connectivity index (χ4v) is 1.69. The van der Waals surface area contributed by atoms with Crippen LogP contribution in [0.4, 0.5) is 0 Å². The molecular formula is C11H13NOS. The number of hydrogen-bond acceptors (Lipinski definition) is 2. The van der Waals surface area contributed by atoms with Gasteiger partial charge in [-0.15, -0.1) is 0 Å². The summed E-state index contributed by atoms with van der Waals surface area (Å²) in [6.45, 7) is 4.77. The Kier molecular flexibility index (Phi) is 2.19. The molecule has 0 aromatic rings. The smallest absolute Gasteiger partial charge is 0.143 e. The van der Waals surface area contributed by atoms with Crippen LogP contribution in [0, 0.1) is 5.41 Å². The first-order valence-corrected chi connectivity index (χ1v) is 5.03. The van der Waals surface area contributed by atoms with Gasteiger partial charge in [-0.1, -0.05) is 38.2 Å². The Morgan fingerprint density at radius 1 is 1.50 bits per heavy atom. The van der Waals surface area contributed by atoms with Crippen molar-refractivity contribution in [3.05, 3.63) is 35.8 Å². The van der Waals surface area contributed by atoms with E-state index in [4.69, 9.17) is 17.0 Å². The normalized spacial score (nSPS) is 23.7. The fourth-order valence-electron chi connectivity index (χ4n) is 1.52. The molecule has 0 atom stereocenters. The SMILES string of the molecule is CC1(C)C=CC=C2OCC(=S)NC2=C1. The van der Waals surface area contributed by atoms with Crippen LogP contribution in [0.1, 0.15) is 13.8 Å². The topological polar surface area (TPSA) is 21.3 Å². The number of hydrogen-bond donors (Lipinski definition) is 1. The second-order valence-electron chi connectivity index (χ2n) is 4.11. The van der Waals surface area contributed by atoms with Crippen LogP contribution in [0.15, 0.2) is 35.8 Å². The third-order valence-electron chi connectivity index (χ3n) is 2.19. The van der Waals surface area contributed by atoms with Crippen LogP contribution in [-0.4, -0.2) is 11.6 Å². The summed E-state index contributed by atoms with van der Waals surface area (Å²) in [5.74, 6) is 0.875. The van der Waals surface area contributed by atoms with Crippen LogP contribution in [0.3, 0.4) is 0 Å². The molecule has 1 aliphatic heterocycles. The number of nitrogens with one attached hydrogen (secondary N) is 1. The van der Waals surface area contributed by atoms with Crippen LogP contribution in [0.25, 0.3) is 0 Å². The lowest BCUT2D eigenvalue weighted by Crippen LogP contribution is -2.32. The molecule has 74 valence electrons. The van der Waals surface area contributed by atoms with E-state index in [0.717, 1.165) is 16.4 Å². The van der Waals surface area contributed by atoms with Gasteiger partial charge in [0.1, 0.15) is 17.4 Å². The number of fused-ring (bicyclic) bond motifs is 1. The van der Waals surface area contributed by atoms with Gasteiger partial charge in [-0.3, -0.25) is 0 Å². The van der Waals surface area contributed by atoms with Gasteiger partial charge in [-0.2, -0.15) is 0 Å². The molecule has 0 aromatic carbocycles. The molecule has 3 heteroatoms. The predicted octanol–water partition coefficient (Wildman–Crippen LogP) is 2.30. The average molecular weight is 207 g/mol. The lowest BCUT2D eigenvalue weighted by Gasteiger charge is -2.24. The van der Waals surface area contributed by atoms with E-state index in [2.05, 4.69) is 31.3 Å². The largest absolute Gasteiger partial charge is 0.484 e. The zero-order chi connectivity index (χ0) is 10.2. The third-order valence-corrected chi connectivity index (χ3v) is 2.41. The summed E-state index contributed by atoms with van der Waals surface area (Å²) >= 11 is 5.07. The first kappa shape index (κ1) is 9.46. The van der Waals surface area contributed by atoms with Gasteiger partial charge in [0.2, 0.25) is 0 Å². The highest BCUT2D eigenvalue weighted by molar-refractivity contribution is 7.80. The van der Waals surface area contributed by atoms with E-state index >= 15 is 0 Å². The fraction of sp³-hybridized carbons (Fsp3) is 0.364. The molecule has 1 N–H and O–H groups in total. The summed E-state index contributed by atoms with van der Waals surface area (Å²) in [5.41, 5.74) is 1.02. The molecule has 0 amide bonds. The van der Waals surface area contributed by atoms with Crippen LogP contribution < -0.4 is 5.32 Å². The van der Waals surface area contributed by atoms with Crippen LogP contribution in [0.5, 0.6) is 0 Å². The first-order valence-electron chi connectivity index (χ1n) is 4.62. The van der Waals surface area contributed by atoms with E-state index in [1.165, 1.54) is 0 Å². The van der Waals surface area contributed by atoms with Crippen LogP contribution in [-0.2, 0) is 4.74 Å². The maximum Gasteiger partial charge on any atom is 0.143 e. The highest BCUT2D eigenvalue weighted by Gasteiger charge is 2.21. The van der Waals surface area contributed by atoms with Gasteiger partial charge in [-0.05, 0) is 12.2 Å². The number of allylic oxidation sites excluding steroid dienone is 4. The Balaban J connectivity index is 2.37. The standard InChI is InChI=1S/C11H13NOS/c1-11(2)5-3-4-9-8(6-11)12-10(14)7-13-9/h3-6H,7H2,1-2H3,(H,12,14). The van der Waals surface area contributed by atoms with Crippen molar-refractivity contribution in [2.75, 3.05) is 6.61 Å². The molecule has 0 unspecified atom stereocenters. The second kappa shape index (κ2) is 3.24. The monoisotopic (exact) mass is 207 g/mol. The van der Waals surface area contributed by atoms with E-state index in [1.54, 1.807) is 0 Å². The Hall–Kier alpha value is -1.09. The molecule has 0 spiro atoms. The Labute approximate surface area is 89.3 Å². The molecule has 0 bridgehead atoms. The lowest BCUT2D eigenvalue weighted by atomic mass is 9.92. The summed E-state index contributed by atoms with van der Waals surface area (Å²) in [7, 11) is 0. The number of rotatable bonds is 0. The van der Waals surface area contributed by atoms with Gasteiger partial charge >= 0.3 is 0 Å². The first-order chi connectivity index (χ1) is 6.57. The summed E-state index contributed by atoms with van der Waals surface area (Å²) in [6, 6.07) is 0. The minimum atomic E-state index is 0.0386. The molecule has 14 heavy (non-hydrogen) atoms. The molecule has 2 rings (SSSR count). The lowest BCUT2D eigenvalue weighted by molar-refractivity contribution is 0.253. The Morgan fingerprint density at radius 2 is 2.29 bits per heavy atom. The van der Waals surface area contributed by atoms with Crippen molar-refractivity contribution >= 4 is 17.2 Å². The molecule has 2 nitrogen and oxygen atoms in total. The Morgan fingerprint density at radius 3 is 3.07 bits per heavy atom. The van der Waals surface area contributed by atoms with Gasteiger partial charge in [-0.25, -0.2) is 0 Å². The quantitative estimate of drug-likeness (QED) is 0.616. The van der Waals surface area contributed by atoms with E-state index < -0.39 is 0 Å². The summed E-state index contributed by atoms with van der Waals surface area (Å²) < 4.78 is 5.51. The van der Waals surface area contributed by atoms with E-state index in [0.29, 0.717) is 6.61 Å². The molecule has 1 aliphatic carbocycles. The molecule has 1 fully saturated rings. The van der Waals surface area contributed by atoms with Crippen LogP contribution in [0.2, 0.25) is 0 Å². The van der Waals surface area contributed by atoms with Gasteiger partial charge in [0.05, 0.1) is 5.70 Å². The van der Waals surface area contributed by atoms with Crippen molar-refractivity contribution < 1.29 is 4.74 Å². The van der Waals surface area contributed by atoms with Gasteiger partial charge in [0.15, 0.2) is 0 Å². The molecule has 1 heterocycles. The minimum absolute atomic E-state index is 0.0386. The van der Waals surface area contributed by atoms with Gasteiger partial charge in [0.25, 0.3) is 0 Å². The molecule has 0 radical (unpaired) electrons. The molecule has 0 saturated carbocycles. The van der Waals surface area contributed by atoms with Crippen molar-refractivity contribution in [3.63, 3.8) is 0 Å². The van der Waals surface area contributed by atoms with Crippen molar-refractivity contribution in [3.8, 4) is 0 Å². The summed E-state index contributed by atoms with van der Waals surface area (Å²) in [6.07, 6.45) is 8.26. The molecule has 1 saturated heterocycles.